The van der Waals surface area contributed by atoms with Crippen molar-refractivity contribution in [2.45, 2.75) is 57.5 Å². The van der Waals surface area contributed by atoms with Crippen molar-refractivity contribution >= 4 is 0 Å². The molecule has 98 valence electrons. The molecule has 2 atom stereocenters. The number of rotatable bonds is 1. The van der Waals surface area contributed by atoms with Crippen LogP contribution in [0.3, 0.4) is 0 Å². The van der Waals surface area contributed by atoms with Crippen LogP contribution >= 0.6 is 0 Å². The zero-order valence-electron chi connectivity index (χ0n) is 11.0. The first-order valence-corrected chi connectivity index (χ1v) is 7.11. The summed E-state index contributed by atoms with van der Waals surface area (Å²) in [6.45, 7) is 4.06. The van der Waals surface area contributed by atoms with E-state index >= 15 is 0 Å². The average Bonchev–Trinajstić information content (AvgIpc) is 2.41. The molecule has 0 aromatic carbocycles. The standard InChI is InChI=1S/C14H21N3O/c1-10-5-4-8-17-13(18)9-12(16-14(10)17)11-6-2-3-7-15-11/h9-11,15H,2-8H2,1H3. The smallest absolute Gasteiger partial charge is 0.253 e. The minimum Gasteiger partial charge on any atom is -0.309 e. The van der Waals surface area contributed by atoms with Gasteiger partial charge in [0.2, 0.25) is 0 Å². The molecular weight excluding hydrogens is 226 g/mol. The van der Waals surface area contributed by atoms with Gasteiger partial charge in [-0.2, -0.15) is 0 Å². The van der Waals surface area contributed by atoms with E-state index < -0.39 is 0 Å². The lowest BCUT2D eigenvalue weighted by Gasteiger charge is -2.27. The predicted octanol–water partition coefficient (Wildman–Crippen LogP) is 1.96. The zero-order valence-corrected chi connectivity index (χ0v) is 11.0. The maximum atomic E-state index is 12.2. The normalized spacial score (nSPS) is 27.8. The summed E-state index contributed by atoms with van der Waals surface area (Å²) < 4.78 is 1.86. The second-order valence-corrected chi connectivity index (χ2v) is 5.57. The Balaban J connectivity index is 1.99. The highest BCUT2D eigenvalue weighted by Gasteiger charge is 2.23. The number of aromatic nitrogens is 2. The molecule has 3 heterocycles. The molecule has 1 N–H and O–H groups in total. The predicted molar refractivity (Wildman–Crippen MR) is 70.7 cm³/mol. The van der Waals surface area contributed by atoms with Crippen LogP contribution in [0.25, 0.3) is 0 Å². The topological polar surface area (TPSA) is 46.9 Å². The molecule has 1 aromatic heterocycles. The van der Waals surface area contributed by atoms with Crippen LogP contribution in [0.5, 0.6) is 0 Å². The van der Waals surface area contributed by atoms with E-state index in [2.05, 4.69) is 12.2 Å². The van der Waals surface area contributed by atoms with Gasteiger partial charge in [0.15, 0.2) is 0 Å². The van der Waals surface area contributed by atoms with E-state index in [0.717, 1.165) is 43.9 Å². The third-order valence-electron chi connectivity index (χ3n) is 4.18. The number of fused-ring (bicyclic) bond motifs is 1. The fraction of sp³-hybridized carbons (Fsp3) is 0.714. The highest BCUT2D eigenvalue weighted by Crippen LogP contribution is 2.26. The van der Waals surface area contributed by atoms with Gasteiger partial charge in [-0.25, -0.2) is 4.98 Å². The van der Waals surface area contributed by atoms with Crippen LogP contribution in [-0.2, 0) is 6.54 Å². The molecule has 0 bridgehead atoms. The summed E-state index contributed by atoms with van der Waals surface area (Å²) >= 11 is 0. The molecule has 4 heteroatoms. The summed E-state index contributed by atoms with van der Waals surface area (Å²) in [5.74, 6) is 1.41. The van der Waals surface area contributed by atoms with Gasteiger partial charge in [-0.3, -0.25) is 9.36 Å². The average molecular weight is 247 g/mol. The molecule has 1 saturated heterocycles. The molecule has 0 spiro atoms. The Labute approximate surface area is 107 Å². The Morgan fingerprint density at radius 3 is 3.00 bits per heavy atom. The molecular formula is C14H21N3O. The van der Waals surface area contributed by atoms with E-state index in [1.165, 1.54) is 12.8 Å². The van der Waals surface area contributed by atoms with Crippen molar-refractivity contribution in [3.63, 3.8) is 0 Å². The Kier molecular flexibility index (Phi) is 3.20. The quantitative estimate of drug-likeness (QED) is 0.825. The van der Waals surface area contributed by atoms with Crippen molar-refractivity contribution in [2.75, 3.05) is 6.54 Å². The van der Waals surface area contributed by atoms with Crippen molar-refractivity contribution in [3.8, 4) is 0 Å². The van der Waals surface area contributed by atoms with E-state index in [4.69, 9.17) is 4.98 Å². The molecule has 0 saturated carbocycles. The summed E-state index contributed by atoms with van der Waals surface area (Å²) in [6, 6.07) is 2.02. The summed E-state index contributed by atoms with van der Waals surface area (Å²) in [7, 11) is 0. The summed E-state index contributed by atoms with van der Waals surface area (Å²) in [5.41, 5.74) is 1.09. The zero-order chi connectivity index (χ0) is 12.5. The van der Waals surface area contributed by atoms with E-state index in [1.807, 2.05) is 4.57 Å². The summed E-state index contributed by atoms with van der Waals surface area (Å²) in [4.78, 5) is 16.9. The van der Waals surface area contributed by atoms with Crippen molar-refractivity contribution in [1.82, 2.24) is 14.9 Å². The van der Waals surface area contributed by atoms with Crippen molar-refractivity contribution in [1.29, 1.82) is 0 Å². The van der Waals surface area contributed by atoms with Crippen LogP contribution in [-0.4, -0.2) is 16.1 Å². The first-order valence-electron chi connectivity index (χ1n) is 7.11. The fourth-order valence-electron chi connectivity index (χ4n) is 3.11. The van der Waals surface area contributed by atoms with Crippen LogP contribution < -0.4 is 10.9 Å². The summed E-state index contributed by atoms with van der Waals surface area (Å²) in [6.07, 6.45) is 5.80. The van der Waals surface area contributed by atoms with Gasteiger partial charge in [0.1, 0.15) is 5.82 Å². The Morgan fingerprint density at radius 2 is 2.22 bits per heavy atom. The lowest BCUT2D eigenvalue weighted by Crippen LogP contribution is -2.34. The molecule has 2 unspecified atom stereocenters. The lowest BCUT2D eigenvalue weighted by molar-refractivity contribution is 0.391. The third kappa shape index (κ3) is 2.09. The monoisotopic (exact) mass is 247 g/mol. The van der Waals surface area contributed by atoms with Crippen LogP contribution in [0, 0.1) is 0 Å². The van der Waals surface area contributed by atoms with E-state index in [-0.39, 0.29) is 11.6 Å². The second-order valence-electron chi connectivity index (χ2n) is 5.57. The number of nitrogens with one attached hydrogen (secondary N) is 1. The number of piperidine rings is 1. The SMILES string of the molecule is CC1CCCn2c1nc(C1CCCCN1)cc2=O. The van der Waals surface area contributed by atoms with Gasteiger partial charge < -0.3 is 5.32 Å². The van der Waals surface area contributed by atoms with Crippen LogP contribution in [0.4, 0.5) is 0 Å². The number of nitrogens with zero attached hydrogens (tertiary/aromatic N) is 2. The second kappa shape index (κ2) is 4.84. The summed E-state index contributed by atoms with van der Waals surface area (Å²) in [5, 5.41) is 3.47. The largest absolute Gasteiger partial charge is 0.309 e. The first-order chi connectivity index (χ1) is 8.75. The van der Waals surface area contributed by atoms with Crippen LogP contribution in [0.15, 0.2) is 10.9 Å². The van der Waals surface area contributed by atoms with Crippen molar-refractivity contribution in [3.05, 3.63) is 27.9 Å². The van der Waals surface area contributed by atoms with E-state index in [9.17, 15) is 4.79 Å². The third-order valence-corrected chi connectivity index (χ3v) is 4.18. The van der Waals surface area contributed by atoms with E-state index in [1.54, 1.807) is 6.07 Å². The molecule has 2 aliphatic heterocycles. The first kappa shape index (κ1) is 11.9. The molecule has 0 aliphatic carbocycles. The minimum atomic E-state index is 0.133. The lowest BCUT2D eigenvalue weighted by atomic mass is 9.98. The number of hydrogen-bond donors (Lipinski definition) is 1. The highest BCUT2D eigenvalue weighted by molar-refractivity contribution is 5.13. The highest BCUT2D eigenvalue weighted by atomic mass is 16.1. The van der Waals surface area contributed by atoms with Gasteiger partial charge in [0.05, 0.1) is 5.69 Å². The van der Waals surface area contributed by atoms with Gasteiger partial charge in [-0.1, -0.05) is 13.3 Å². The van der Waals surface area contributed by atoms with E-state index in [0.29, 0.717) is 5.92 Å². The Morgan fingerprint density at radius 1 is 1.33 bits per heavy atom. The van der Waals surface area contributed by atoms with Gasteiger partial charge in [0.25, 0.3) is 5.56 Å². The molecule has 0 amide bonds. The fourth-order valence-corrected chi connectivity index (χ4v) is 3.11. The molecule has 3 rings (SSSR count). The Bertz CT molecular complexity index is 488. The van der Waals surface area contributed by atoms with Crippen LogP contribution in [0.2, 0.25) is 0 Å². The maximum absolute atomic E-state index is 12.2. The minimum absolute atomic E-state index is 0.133. The van der Waals surface area contributed by atoms with Gasteiger partial charge >= 0.3 is 0 Å². The number of hydrogen-bond acceptors (Lipinski definition) is 3. The maximum Gasteiger partial charge on any atom is 0.253 e. The Hall–Kier alpha value is -1.16. The molecule has 1 aromatic rings. The molecule has 2 aliphatic rings. The van der Waals surface area contributed by atoms with Crippen molar-refractivity contribution < 1.29 is 0 Å². The molecule has 4 nitrogen and oxygen atoms in total. The molecule has 18 heavy (non-hydrogen) atoms. The molecule has 0 radical (unpaired) electrons. The van der Waals surface area contributed by atoms with Gasteiger partial charge in [-0.05, 0) is 32.2 Å². The molecule has 1 fully saturated rings. The van der Waals surface area contributed by atoms with Gasteiger partial charge in [-0.15, -0.1) is 0 Å². The van der Waals surface area contributed by atoms with Crippen molar-refractivity contribution in [2.24, 2.45) is 0 Å². The van der Waals surface area contributed by atoms with Gasteiger partial charge in [0, 0.05) is 24.6 Å². The van der Waals surface area contributed by atoms with Crippen LogP contribution in [0.1, 0.15) is 62.5 Å².